The molecule has 7 heteroatoms. The predicted molar refractivity (Wildman–Crippen MR) is 107 cm³/mol. The smallest absolute Gasteiger partial charge is 0.194 e. The Morgan fingerprint density at radius 1 is 1.25 bits per heavy atom. The number of hydrogen-bond acceptors (Lipinski definition) is 4. The normalized spacial score (nSPS) is 19.6. The van der Waals surface area contributed by atoms with Crippen molar-refractivity contribution in [3.05, 3.63) is 53.7 Å². The van der Waals surface area contributed by atoms with E-state index in [0.29, 0.717) is 6.54 Å². The van der Waals surface area contributed by atoms with Crippen molar-refractivity contribution < 1.29 is 8.91 Å². The molecule has 28 heavy (non-hydrogen) atoms. The van der Waals surface area contributed by atoms with E-state index in [1.165, 1.54) is 6.07 Å². The van der Waals surface area contributed by atoms with Crippen molar-refractivity contribution in [1.29, 1.82) is 0 Å². The SMILES string of the molecule is CCNC(=NCC1(c2cccc(F)c2)CC1)N1CCN(Cc2ccon2)CC1. The molecule has 1 aromatic heterocycles. The van der Waals surface area contributed by atoms with Gasteiger partial charge in [0, 0.05) is 50.7 Å². The van der Waals surface area contributed by atoms with Crippen molar-refractivity contribution in [3.63, 3.8) is 0 Å². The minimum Gasteiger partial charge on any atom is -0.364 e. The summed E-state index contributed by atoms with van der Waals surface area (Å²) in [5.74, 6) is 0.800. The second kappa shape index (κ2) is 8.31. The first kappa shape index (κ1) is 18.9. The molecular formula is C21H28FN5O. The molecule has 150 valence electrons. The number of piperazine rings is 1. The van der Waals surface area contributed by atoms with Gasteiger partial charge in [-0.2, -0.15) is 0 Å². The number of guanidine groups is 1. The predicted octanol–water partition coefficient (Wildman–Crippen LogP) is 2.63. The lowest BCUT2D eigenvalue weighted by Gasteiger charge is -2.36. The molecule has 6 nitrogen and oxygen atoms in total. The third kappa shape index (κ3) is 4.35. The second-order valence-corrected chi connectivity index (χ2v) is 7.71. The Bertz CT molecular complexity index is 795. The summed E-state index contributed by atoms with van der Waals surface area (Å²) in [5, 5.41) is 7.43. The van der Waals surface area contributed by atoms with Crippen LogP contribution in [0.4, 0.5) is 4.39 Å². The van der Waals surface area contributed by atoms with Gasteiger partial charge in [-0.05, 0) is 37.5 Å². The van der Waals surface area contributed by atoms with Crippen LogP contribution in [-0.2, 0) is 12.0 Å². The van der Waals surface area contributed by atoms with Crippen LogP contribution < -0.4 is 5.32 Å². The summed E-state index contributed by atoms with van der Waals surface area (Å²) in [5.41, 5.74) is 2.06. The molecule has 2 fully saturated rings. The van der Waals surface area contributed by atoms with Crippen molar-refractivity contribution in [1.82, 2.24) is 20.3 Å². The molecule has 0 unspecified atom stereocenters. The van der Waals surface area contributed by atoms with Gasteiger partial charge in [-0.15, -0.1) is 0 Å². The lowest BCUT2D eigenvalue weighted by molar-refractivity contribution is 0.169. The fraction of sp³-hybridized carbons (Fsp3) is 0.524. The molecule has 0 amide bonds. The first-order valence-corrected chi connectivity index (χ1v) is 10.1. The minimum atomic E-state index is -0.164. The van der Waals surface area contributed by atoms with E-state index >= 15 is 0 Å². The largest absolute Gasteiger partial charge is 0.364 e. The highest BCUT2D eigenvalue weighted by molar-refractivity contribution is 5.80. The summed E-state index contributed by atoms with van der Waals surface area (Å²) < 4.78 is 18.6. The molecule has 0 bridgehead atoms. The minimum absolute atomic E-state index is 0.0115. The molecule has 2 heterocycles. The van der Waals surface area contributed by atoms with Crippen molar-refractivity contribution in [2.45, 2.75) is 31.7 Å². The molecule has 1 aliphatic heterocycles. The highest BCUT2D eigenvalue weighted by Gasteiger charge is 2.44. The van der Waals surface area contributed by atoms with E-state index in [0.717, 1.165) is 69.3 Å². The quantitative estimate of drug-likeness (QED) is 0.612. The van der Waals surface area contributed by atoms with Crippen LogP contribution in [0, 0.1) is 5.82 Å². The summed E-state index contributed by atoms with van der Waals surface area (Å²) in [6.45, 7) is 8.24. The standard InChI is InChI=1S/C21H28FN5O/c1-2-23-20(24-16-21(7-8-21)17-4-3-5-18(22)14-17)27-11-9-26(10-12-27)15-19-6-13-28-25-19/h3-6,13-14H,2,7-12,15-16H2,1H3,(H,23,24). The molecule has 2 aromatic rings. The molecule has 4 rings (SSSR count). The molecule has 0 radical (unpaired) electrons. The highest BCUT2D eigenvalue weighted by atomic mass is 19.1. The van der Waals surface area contributed by atoms with Gasteiger partial charge in [-0.3, -0.25) is 9.89 Å². The lowest BCUT2D eigenvalue weighted by Crippen LogP contribution is -2.52. The maximum Gasteiger partial charge on any atom is 0.194 e. The van der Waals surface area contributed by atoms with Gasteiger partial charge in [0.05, 0.1) is 12.2 Å². The van der Waals surface area contributed by atoms with Crippen LogP contribution in [0.3, 0.4) is 0 Å². The van der Waals surface area contributed by atoms with Gasteiger partial charge in [-0.25, -0.2) is 4.39 Å². The van der Waals surface area contributed by atoms with Crippen molar-refractivity contribution in [2.75, 3.05) is 39.3 Å². The number of benzene rings is 1. The summed E-state index contributed by atoms with van der Waals surface area (Å²) in [6.07, 6.45) is 3.77. The third-order valence-corrected chi connectivity index (χ3v) is 5.71. The third-order valence-electron chi connectivity index (χ3n) is 5.71. The zero-order valence-electron chi connectivity index (χ0n) is 16.4. The number of nitrogens with one attached hydrogen (secondary N) is 1. The Balaban J connectivity index is 1.37. The lowest BCUT2D eigenvalue weighted by atomic mass is 9.96. The van der Waals surface area contributed by atoms with Crippen LogP contribution in [0.5, 0.6) is 0 Å². The average molecular weight is 385 g/mol. The van der Waals surface area contributed by atoms with Gasteiger partial charge >= 0.3 is 0 Å². The summed E-state index contributed by atoms with van der Waals surface area (Å²) >= 11 is 0. The van der Waals surface area contributed by atoms with Crippen LogP contribution in [0.15, 0.2) is 46.1 Å². The number of aliphatic imine (C=N–C) groups is 1. The molecule has 1 saturated heterocycles. The van der Waals surface area contributed by atoms with Crippen LogP contribution in [-0.4, -0.2) is 60.2 Å². The van der Waals surface area contributed by atoms with E-state index < -0.39 is 0 Å². The van der Waals surface area contributed by atoms with E-state index in [2.05, 4.69) is 27.2 Å². The summed E-state index contributed by atoms with van der Waals surface area (Å²) in [6, 6.07) is 8.91. The van der Waals surface area contributed by atoms with Gasteiger partial charge in [-0.1, -0.05) is 17.3 Å². The van der Waals surface area contributed by atoms with E-state index in [1.807, 2.05) is 12.1 Å². The van der Waals surface area contributed by atoms with Crippen molar-refractivity contribution >= 4 is 5.96 Å². The molecule has 1 saturated carbocycles. The fourth-order valence-corrected chi connectivity index (χ4v) is 3.83. The number of nitrogens with zero attached hydrogens (tertiary/aromatic N) is 4. The Morgan fingerprint density at radius 2 is 2.07 bits per heavy atom. The topological polar surface area (TPSA) is 56.9 Å². The van der Waals surface area contributed by atoms with Crippen LogP contribution in [0.1, 0.15) is 31.0 Å². The summed E-state index contributed by atoms with van der Waals surface area (Å²) in [4.78, 5) is 9.65. The number of halogens is 1. The van der Waals surface area contributed by atoms with Gasteiger partial charge in [0.2, 0.25) is 0 Å². The Kier molecular flexibility index (Phi) is 5.62. The van der Waals surface area contributed by atoms with E-state index in [-0.39, 0.29) is 11.2 Å². The van der Waals surface area contributed by atoms with Crippen LogP contribution in [0.2, 0.25) is 0 Å². The monoisotopic (exact) mass is 385 g/mol. The molecule has 0 atom stereocenters. The number of hydrogen-bond donors (Lipinski definition) is 1. The zero-order chi connectivity index (χ0) is 19.4. The number of aromatic nitrogens is 1. The van der Waals surface area contributed by atoms with Gasteiger partial charge in [0.25, 0.3) is 0 Å². The van der Waals surface area contributed by atoms with E-state index in [1.54, 1.807) is 18.4 Å². The first-order chi connectivity index (χ1) is 13.7. The molecule has 1 N–H and O–H groups in total. The van der Waals surface area contributed by atoms with E-state index in [4.69, 9.17) is 9.52 Å². The molecule has 2 aliphatic rings. The van der Waals surface area contributed by atoms with Gasteiger partial charge in [0.15, 0.2) is 5.96 Å². The Morgan fingerprint density at radius 3 is 2.71 bits per heavy atom. The highest BCUT2D eigenvalue weighted by Crippen LogP contribution is 2.48. The molecular weight excluding hydrogens is 357 g/mol. The summed E-state index contributed by atoms with van der Waals surface area (Å²) in [7, 11) is 0. The Hall–Kier alpha value is -2.41. The average Bonchev–Trinajstić information content (AvgIpc) is 3.33. The molecule has 0 spiro atoms. The molecule has 1 aromatic carbocycles. The van der Waals surface area contributed by atoms with E-state index in [9.17, 15) is 4.39 Å². The van der Waals surface area contributed by atoms with Crippen LogP contribution >= 0.6 is 0 Å². The van der Waals surface area contributed by atoms with Gasteiger partial charge < -0.3 is 14.7 Å². The fourth-order valence-electron chi connectivity index (χ4n) is 3.83. The maximum absolute atomic E-state index is 13.6. The Labute approximate surface area is 165 Å². The maximum atomic E-state index is 13.6. The van der Waals surface area contributed by atoms with Gasteiger partial charge in [0.1, 0.15) is 12.1 Å². The number of rotatable bonds is 6. The van der Waals surface area contributed by atoms with Crippen LogP contribution in [0.25, 0.3) is 0 Å². The second-order valence-electron chi connectivity index (χ2n) is 7.71. The van der Waals surface area contributed by atoms with Crippen molar-refractivity contribution in [3.8, 4) is 0 Å². The van der Waals surface area contributed by atoms with Crippen molar-refractivity contribution in [2.24, 2.45) is 4.99 Å². The first-order valence-electron chi connectivity index (χ1n) is 10.1. The molecule has 1 aliphatic carbocycles. The zero-order valence-corrected chi connectivity index (χ0v) is 16.4.